The summed E-state index contributed by atoms with van der Waals surface area (Å²) in [5, 5.41) is 2.92. The number of pyridine rings is 1. The monoisotopic (exact) mass is 265 g/mol. The normalized spacial score (nSPS) is 10.1. The van der Waals surface area contributed by atoms with Crippen LogP contribution in [-0.4, -0.2) is 10.9 Å². The van der Waals surface area contributed by atoms with Gasteiger partial charge < -0.3 is 11.1 Å². The molecule has 0 unspecified atom stereocenters. The van der Waals surface area contributed by atoms with Crippen LogP contribution in [0, 0.1) is 5.82 Å². The highest BCUT2D eigenvalue weighted by atomic mass is 35.5. The molecule has 0 aliphatic heterocycles. The predicted octanol–water partition coefficient (Wildman–Crippen LogP) is 2.71. The van der Waals surface area contributed by atoms with Crippen molar-refractivity contribution in [3.05, 3.63) is 52.9 Å². The molecule has 1 aromatic carbocycles. The minimum absolute atomic E-state index is 0.0325. The maximum Gasteiger partial charge on any atom is 0.259 e. The molecule has 0 saturated heterocycles. The van der Waals surface area contributed by atoms with Crippen LogP contribution in [0.15, 0.2) is 36.5 Å². The van der Waals surface area contributed by atoms with Crippen molar-refractivity contribution in [1.29, 1.82) is 0 Å². The van der Waals surface area contributed by atoms with E-state index in [1.54, 1.807) is 24.3 Å². The molecule has 0 atom stereocenters. The van der Waals surface area contributed by atoms with Crippen molar-refractivity contribution in [3.63, 3.8) is 0 Å². The summed E-state index contributed by atoms with van der Waals surface area (Å²) in [5.41, 5.74) is 5.90. The highest BCUT2D eigenvalue weighted by Gasteiger charge is 2.13. The van der Waals surface area contributed by atoms with E-state index in [9.17, 15) is 9.18 Å². The largest absolute Gasteiger partial charge is 0.383 e. The molecule has 0 spiro atoms. The number of halogens is 2. The van der Waals surface area contributed by atoms with Crippen LogP contribution in [0.5, 0.6) is 0 Å². The second-order valence-electron chi connectivity index (χ2n) is 3.52. The zero-order valence-corrected chi connectivity index (χ0v) is 9.91. The summed E-state index contributed by atoms with van der Waals surface area (Å²) in [5.74, 6) is -1.23. The Balaban J connectivity index is 2.28. The SMILES string of the molecule is Nc1ncc(F)cc1C(=O)Nc1ccccc1Cl. The van der Waals surface area contributed by atoms with E-state index in [-0.39, 0.29) is 11.4 Å². The van der Waals surface area contributed by atoms with Gasteiger partial charge in [0.05, 0.1) is 22.5 Å². The van der Waals surface area contributed by atoms with Crippen LogP contribution in [0.25, 0.3) is 0 Å². The van der Waals surface area contributed by atoms with Gasteiger partial charge in [-0.2, -0.15) is 0 Å². The molecule has 0 aliphatic carbocycles. The van der Waals surface area contributed by atoms with Gasteiger partial charge in [0.1, 0.15) is 11.6 Å². The Morgan fingerprint density at radius 2 is 2.11 bits per heavy atom. The highest BCUT2D eigenvalue weighted by Crippen LogP contribution is 2.22. The molecule has 0 fully saturated rings. The quantitative estimate of drug-likeness (QED) is 0.877. The molecule has 6 heteroatoms. The summed E-state index contributed by atoms with van der Waals surface area (Å²) in [6, 6.07) is 7.73. The fourth-order valence-corrected chi connectivity index (χ4v) is 1.57. The topological polar surface area (TPSA) is 68.0 Å². The van der Waals surface area contributed by atoms with Gasteiger partial charge in [0.15, 0.2) is 0 Å². The number of nitrogens with two attached hydrogens (primary N) is 1. The average Bonchev–Trinajstić information content (AvgIpc) is 2.35. The van der Waals surface area contributed by atoms with Crippen molar-refractivity contribution in [2.45, 2.75) is 0 Å². The Morgan fingerprint density at radius 3 is 2.83 bits per heavy atom. The van der Waals surface area contributed by atoms with E-state index in [0.717, 1.165) is 12.3 Å². The first kappa shape index (κ1) is 12.3. The fourth-order valence-electron chi connectivity index (χ4n) is 1.38. The number of aromatic nitrogens is 1. The number of para-hydroxylation sites is 1. The number of carbonyl (C=O) groups excluding carboxylic acids is 1. The first-order valence-corrected chi connectivity index (χ1v) is 5.42. The summed E-state index contributed by atoms with van der Waals surface area (Å²) in [6.07, 6.45) is 0.946. The van der Waals surface area contributed by atoms with Crippen molar-refractivity contribution in [1.82, 2.24) is 4.98 Å². The van der Waals surface area contributed by atoms with Gasteiger partial charge in [0, 0.05) is 0 Å². The van der Waals surface area contributed by atoms with Crippen LogP contribution >= 0.6 is 11.6 Å². The fraction of sp³-hybridized carbons (Fsp3) is 0. The van der Waals surface area contributed by atoms with Crippen molar-refractivity contribution in [2.75, 3.05) is 11.1 Å². The summed E-state index contributed by atoms with van der Waals surface area (Å²) < 4.78 is 13.0. The lowest BCUT2D eigenvalue weighted by Crippen LogP contribution is -2.15. The molecule has 0 bridgehead atoms. The van der Waals surface area contributed by atoms with Gasteiger partial charge >= 0.3 is 0 Å². The van der Waals surface area contributed by atoms with E-state index >= 15 is 0 Å². The van der Waals surface area contributed by atoms with Crippen LogP contribution in [0.4, 0.5) is 15.9 Å². The third-order valence-electron chi connectivity index (χ3n) is 2.25. The van der Waals surface area contributed by atoms with Crippen LogP contribution in [0.2, 0.25) is 5.02 Å². The first-order valence-electron chi connectivity index (χ1n) is 5.05. The summed E-state index contributed by atoms with van der Waals surface area (Å²) in [7, 11) is 0. The number of nitrogen functional groups attached to an aromatic ring is 1. The first-order chi connectivity index (χ1) is 8.58. The summed E-state index contributed by atoms with van der Waals surface area (Å²) in [6.45, 7) is 0. The maximum absolute atomic E-state index is 13.0. The number of amides is 1. The highest BCUT2D eigenvalue weighted by molar-refractivity contribution is 6.33. The zero-order valence-electron chi connectivity index (χ0n) is 9.15. The van der Waals surface area contributed by atoms with Crippen LogP contribution in [0.3, 0.4) is 0 Å². The van der Waals surface area contributed by atoms with Gasteiger partial charge in [-0.15, -0.1) is 0 Å². The number of nitrogens with zero attached hydrogens (tertiary/aromatic N) is 1. The number of hydrogen-bond donors (Lipinski definition) is 2. The third kappa shape index (κ3) is 2.57. The molecule has 2 aromatic rings. The molecule has 3 N–H and O–H groups in total. The molecule has 1 heterocycles. The van der Waals surface area contributed by atoms with Crippen molar-refractivity contribution in [3.8, 4) is 0 Å². The minimum atomic E-state index is -0.631. The number of hydrogen-bond acceptors (Lipinski definition) is 3. The third-order valence-corrected chi connectivity index (χ3v) is 2.58. The van der Waals surface area contributed by atoms with Crippen LogP contribution < -0.4 is 11.1 Å². The second-order valence-corrected chi connectivity index (χ2v) is 3.93. The number of benzene rings is 1. The number of rotatable bonds is 2. The molecule has 92 valence electrons. The number of anilines is 2. The van der Waals surface area contributed by atoms with Crippen LogP contribution in [-0.2, 0) is 0 Å². The lowest BCUT2D eigenvalue weighted by molar-refractivity contribution is 0.102. The molecule has 2 rings (SSSR count). The summed E-state index contributed by atoms with van der Waals surface area (Å²) >= 11 is 5.89. The van der Waals surface area contributed by atoms with Crippen molar-refractivity contribution in [2.24, 2.45) is 0 Å². The van der Waals surface area contributed by atoms with Gasteiger partial charge in [-0.05, 0) is 18.2 Å². The molecular formula is C12H9ClFN3O. The second kappa shape index (κ2) is 5.01. The smallest absolute Gasteiger partial charge is 0.259 e. The van der Waals surface area contributed by atoms with Gasteiger partial charge in [0.2, 0.25) is 0 Å². The molecule has 0 radical (unpaired) electrons. The molecule has 0 saturated carbocycles. The van der Waals surface area contributed by atoms with Gasteiger partial charge in [-0.1, -0.05) is 23.7 Å². The Morgan fingerprint density at radius 1 is 1.39 bits per heavy atom. The number of nitrogens with one attached hydrogen (secondary N) is 1. The average molecular weight is 266 g/mol. The maximum atomic E-state index is 13.0. The van der Waals surface area contributed by atoms with Crippen LogP contribution in [0.1, 0.15) is 10.4 Å². The van der Waals surface area contributed by atoms with E-state index < -0.39 is 11.7 Å². The van der Waals surface area contributed by atoms with Gasteiger partial charge in [-0.3, -0.25) is 4.79 Å². The van der Waals surface area contributed by atoms with E-state index in [2.05, 4.69) is 10.3 Å². The Kier molecular flexibility index (Phi) is 3.43. The van der Waals surface area contributed by atoms with E-state index in [4.69, 9.17) is 17.3 Å². The Bertz CT molecular complexity index is 604. The zero-order chi connectivity index (χ0) is 13.1. The summed E-state index contributed by atoms with van der Waals surface area (Å²) in [4.78, 5) is 15.5. The lowest BCUT2D eigenvalue weighted by atomic mass is 10.2. The lowest BCUT2D eigenvalue weighted by Gasteiger charge is -2.08. The van der Waals surface area contributed by atoms with Gasteiger partial charge in [0.25, 0.3) is 5.91 Å². The van der Waals surface area contributed by atoms with Gasteiger partial charge in [-0.25, -0.2) is 9.37 Å². The molecule has 4 nitrogen and oxygen atoms in total. The molecule has 1 aromatic heterocycles. The Labute approximate surface area is 108 Å². The standard InChI is InChI=1S/C12H9ClFN3O/c13-9-3-1-2-4-10(9)17-12(18)8-5-7(14)6-16-11(8)15/h1-6H,(H2,15,16)(H,17,18). The van der Waals surface area contributed by atoms with Crippen molar-refractivity contribution < 1.29 is 9.18 Å². The van der Waals surface area contributed by atoms with E-state index in [1.807, 2.05) is 0 Å². The molecule has 18 heavy (non-hydrogen) atoms. The Hall–Kier alpha value is -2.14. The number of carbonyl (C=O) groups is 1. The molecule has 0 aliphatic rings. The molecule has 1 amide bonds. The van der Waals surface area contributed by atoms with E-state index in [1.165, 1.54) is 0 Å². The molecular weight excluding hydrogens is 257 g/mol. The predicted molar refractivity (Wildman–Crippen MR) is 68.0 cm³/mol. The van der Waals surface area contributed by atoms with Crippen molar-refractivity contribution >= 4 is 29.0 Å². The van der Waals surface area contributed by atoms with E-state index in [0.29, 0.717) is 10.7 Å². The minimum Gasteiger partial charge on any atom is -0.383 e.